The Kier molecular flexibility index (Phi) is 5.98. The third-order valence-electron chi connectivity index (χ3n) is 2.64. The van der Waals surface area contributed by atoms with Crippen LogP contribution in [-0.2, 0) is 0 Å². The van der Waals surface area contributed by atoms with E-state index in [9.17, 15) is 13.9 Å². The molecule has 1 aromatic rings. The molecule has 3 nitrogen and oxygen atoms in total. The van der Waals surface area contributed by atoms with Crippen LogP contribution in [0.15, 0.2) is 22.7 Å². The van der Waals surface area contributed by atoms with Crippen LogP contribution in [0.5, 0.6) is 5.75 Å². The molecule has 0 aliphatic heterocycles. The van der Waals surface area contributed by atoms with Crippen molar-refractivity contribution in [1.29, 1.82) is 0 Å². The largest absolute Gasteiger partial charge is 0.508 e. The van der Waals surface area contributed by atoms with Crippen LogP contribution in [0.2, 0.25) is 0 Å². The van der Waals surface area contributed by atoms with Gasteiger partial charge in [-0.05, 0) is 24.6 Å². The van der Waals surface area contributed by atoms with Gasteiger partial charge in [-0.2, -0.15) is 0 Å². The van der Waals surface area contributed by atoms with E-state index in [4.69, 9.17) is 5.11 Å². The SMILES string of the molecule is CCC(NCC(O)C(F)F)c1cc(Br)ccc1O. The highest BCUT2D eigenvalue weighted by Crippen LogP contribution is 2.29. The van der Waals surface area contributed by atoms with Crippen LogP contribution in [0.25, 0.3) is 0 Å². The van der Waals surface area contributed by atoms with Crippen LogP contribution >= 0.6 is 15.9 Å². The first kappa shape index (κ1) is 15.3. The van der Waals surface area contributed by atoms with E-state index >= 15 is 0 Å². The fourth-order valence-electron chi connectivity index (χ4n) is 1.63. The molecule has 3 N–H and O–H groups in total. The number of phenols is 1. The molecule has 1 rings (SSSR count). The minimum absolute atomic E-state index is 0.101. The van der Waals surface area contributed by atoms with Gasteiger partial charge in [0.15, 0.2) is 0 Å². The number of nitrogens with one attached hydrogen (secondary N) is 1. The normalized spacial score (nSPS) is 14.8. The third-order valence-corrected chi connectivity index (χ3v) is 3.13. The molecule has 0 amide bonds. The summed E-state index contributed by atoms with van der Waals surface area (Å²) in [6.45, 7) is 1.65. The predicted molar refractivity (Wildman–Crippen MR) is 68.9 cm³/mol. The number of benzene rings is 1. The van der Waals surface area contributed by atoms with E-state index in [1.165, 1.54) is 6.07 Å². The average Bonchev–Trinajstić information content (AvgIpc) is 2.33. The summed E-state index contributed by atoms with van der Waals surface area (Å²) in [6, 6.07) is 4.67. The predicted octanol–water partition coefficient (Wildman–Crippen LogP) is 2.82. The third kappa shape index (κ3) is 4.19. The highest BCUT2D eigenvalue weighted by atomic mass is 79.9. The standard InChI is InChI=1S/C12H16BrF2NO2/c1-2-9(16-6-11(18)12(14)15)8-5-7(13)3-4-10(8)17/h3-5,9,11-12,16-18H,2,6H2,1H3. The molecule has 102 valence electrons. The summed E-state index contributed by atoms with van der Waals surface area (Å²) in [5.74, 6) is 0.101. The van der Waals surface area contributed by atoms with Crippen LogP contribution in [0, 0.1) is 0 Å². The van der Waals surface area contributed by atoms with E-state index in [0.29, 0.717) is 12.0 Å². The molecule has 1 aromatic carbocycles. The van der Waals surface area contributed by atoms with Gasteiger partial charge in [-0.15, -0.1) is 0 Å². The lowest BCUT2D eigenvalue weighted by atomic mass is 10.0. The molecule has 0 saturated heterocycles. The number of phenolic OH excluding ortho intramolecular Hbond substituents is 1. The van der Waals surface area contributed by atoms with E-state index in [0.717, 1.165) is 4.47 Å². The van der Waals surface area contributed by atoms with Crippen molar-refractivity contribution in [1.82, 2.24) is 5.32 Å². The molecule has 0 heterocycles. The van der Waals surface area contributed by atoms with Crippen molar-refractivity contribution in [3.63, 3.8) is 0 Å². The van der Waals surface area contributed by atoms with E-state index in [2.05, 4.69) is 21.2 Å². The van der Waals surface area contributed by atoms with Crippen LogP contribution in [0.1, 0.15) is 24.9 Å². The van der Waals surface area contributed by atoms with Gasteiger partial charge in [0.05, 0.1) is 0 Å². The van der Waals surface area contributed by atoms with Gasteiger partial charge < -0.3 is 15.5 Å². The van der Waals surface area contributed by atoms with Crippen molar-refractivity contribution in [2.75, 3.05) is 6.54 Å². The van der Waals surface area contributed by atoms with E-state index in [1.807, 2.05) is 6.92 Å². The molecule has 0 bridgehead atoms. The Balaban J connectivity index is 2.74. The van der Waals surface area contributed by atoms with E-state index in [1.54, 1.807) is 12.1 Å². The highest BCUT2D eigenvalue weighted by Gasteiger charge is 2.20. The van der Waals surface area contributed by atoms with Gasteiger partial charge in [-0.3, -0.25) is 0 Å². The summed E-state index contributed by atoms with van der Waals surface area (Å²) < 4.78 is 25.2. The van der Waals surface area contributed by atoms with Gasteiger partial charge in [0.25, 0.3) is 6.43 Å². The highest BCUT2D eigenvalue weighted by molar-refractivity contribution is 9.10. The second kappa shape index (κ2) is 7.01. The molecule has 0 fully saturated rings. The van der Waals surface area contributed by atoms with Gasteiger partial charge in [-0.1, -0.05) is 22.9 Å². The molecular weight excluding hydrogens is 308 g/mol. The minimum atomic E-state index is -2.77. The monoisotopic (exact) mass is 323 g/mol. The Morgan fingerprint density at radius 2 is 2.06 bits per heavy atom. The van der Waals surface area contributed by atoms with Crippen molar-refractivity contribution in [2.24, 2.45) is 0 Å². The molecule has 0 saturated carbocycles. The van der Waals surface area contributed by atoms with Gasteiger partial charge >= 0.3 is 0 Å². The quantitative estimate of drug-likeness (QED) is 0.754. The Labute approximate surface area is 113 Å². The smallest absolute Gasteiger partial charge is 0.265 e. The fourth-order valence-corrected chi connectivity index (χ4v) is 2.01. The maximum absolute atomic E-state index is 12.2. The number of hydrogen-bond donors (Lipinski definition) is 3. The zero-order chi connectivity index (χ0) is 13.7. The van der Waals surface area contributed by atoms with E-state index < -0.39 is 12.5 Å². The van der Waals surface area contributed by atoms with Crippen LogP contribution in [0.3, 0.4) is 0 Å². The Morgan fingerprint density at radius 3 is 2.61 bits per heavy atom. The zero-order valence-electron chi connectivity index (χ0n) is 9.91. The second-order valence-electron chi connectivity index (χ2n) is 3.97. The molecule has 0 spiro atoms. The molecule has 0 aliphatic rings. The fraction of sp³-hybridized carbons (Fsp3) is 0.500. The van der Waals surface area contributed by atoms with Gasteiger partial charge in [-0.25, -0.2) is 8.78 Å². The first-order valence-corrected chi connectivity index (χ1v) is 6.43. The lowest BCUT2D eigenvalue weighted by Gasteiger charge is -2.20. The summed E-state index contributed by atoms with van der Waals surface area (Å²) in [5.41, 5.74) is 0.619. The van der Waals surface area contributed by atoms with Crippen LogP contribution in [0.4, 0.5) is 8.78 Å². The summed E-state index contributed by atoms with van der Waals surface area (Å²) in [6.07, 6.45) is -3.86. The zero-order valence-corrected chi connectivity index (χ0v) is 11.5. The second-order valence-corrected chi connectivity index (χ2v) is 4.89. The van der Waals surface area contributed by atoms with Crippen LogP contribution in [-0.4, -0.2) is 29.3 Å². The molecule has 18 heavy (non-hydrogen) atoms. The minimum Gasteiger partial charge on any atom is -0.508 e. The maximum atomic E-state index is 12.2. The number of rotatable bonds is 6. The maximum Gasteiger partial charge on any atom is 0.265 e. The number of alkyl halides is 2. The topological polar surface area (TPSA) is 52.5 Å². The number of halogens is 3. The first-order valence-electron chi connectivity index (χ1n) is 5.63. The summed E-state index contributed by atoms with van der Waals surface area (Å²) in [4.78, 5) is 0. The molecule has 6 heteroatoms. The number of aliphatic hydroxyl groups excluding tert-OH is 1. The molecule has 2 atom stereocenters. The molecule has 0 radical (unpaired) electrons. The number of hydrogen-bond acceptors (Lipinski definition) is 3. The molecule has 0 aromatic heterocycles. The van der Waals surface area contributed by atoms with E-state index in [-0.39, 0.29) is 18.3 Å². The summed E-state index contributed by atoms with van der Waals surface area (Å²) in [7, 11) is 0. The molecule has 0 aliphatic carbocycles. The van der Waals surface area contributed by atoms with Gasteiger partial charge in [0.1, 0.15) is 11.9 Å². The average molecular weight is 324 g/mol. The van der Waals surface area contributed by atoms with Crippen molar-refractivity contribution in [3.8, 4) is 5.75 Å². The summed E-state index contributed by atoms with van der Waals surface area (Å²) in [5, 5.41) is 21.6. The lowest BCUT2D eigenvalue weighted by molar-refractivity contribution is -0.00474. The molecular formula is C12H16BrF2NO2. The van der Waals surface area contributed by atoms with Gasteiger partial charge in [0.2, 0.25) is 0 Å². The first-order chi connectivity index (χ1) is 8.45. The molecule has 2 unspecified atom stereocenters. The van der Waals surface area contributed by atoms with Crippen molar-refractivity contribution in [3.05, 3.63) is 28.2 Å². The van der Waals surface area contributed by atoms with Crippen molar-refractivity contribution < 1.29 is 19.0 Å². The van der Waals surface area contributed by atoms with Crippen molar-refractivity contribution >= 4 is 15.9 Å². The van der Waals surface area contributed by atoms with Gasteiger partial charge in [0, 0.05) is 22.6 Å². The number of aliphatic hydroxyl groups is 1. The Morgan fingerprint density at radius 1 is 1.39 bits per heavy atom. The number of aromatic hydroxyl groups is 1. The lowest BCUT2D eigenvalue weighted by Crippen LogP contribution is -2.34. The Bertz CT molecular complexity index is 390. The summed E-state index contributed by atoms with van der Waals surface area (Å²) >= 11 is 3.29. The van der Waals surface area contributed by atoms with Crippen LogP contribution < -0.4 is 5.32 Å². The Hall–Kier alpha value is -0.720. The van der Waals surface area contributed by atoms with Crippen molar-refractivity contribution in [2.45, 2.75) is 31.9 Å².